The van der Waals surface area contributed by atoms with Gasteiger partial charge >= 0.3 is 0 Å². The summed E-state index contributed by atoms with van der Waals surface area (Å²) in [6.07, 6.45) is 10.3. The van der Waals surface area contributed by atoms with E-state index in [1.54, 1.807) is 7.11 Å². The van der Waals surface area contributed by atoms with Crippen molar-refractivity contribution >= 4 is 18.3 Å². The second-order valence-electron chi connectivity index (χ2n) is 7.79. The number of ether oxygens (including phenoxy) is 1. The van der Waals surface area contributed by atoms with E-state index in [4.69, 9.17) is 15.0 Å². The number of likely N-dealkylation sites (tertiary alicyclic amines) is 1. The molecule has 1 aromatic rings. The Morgan fingerprint density at radius 3 is 2.70 bits per heavy atom. The zero-order chi connectivity index (χ0) is 18.4. The minimum Gasteiger partial charge on any atom is -0.383 e. The Hall–Kier alpha value is -1.18. The lowest BCUT2D eigenvalue weighted by Gasteiger charge is -2.33. The van der Waals surface area contributed by atoms with Crippen LogP contribution in [0.2, 0.25) is 0 Å². The van der Waals surface area contributed by atoms with Crippen LogP contribution in [-0.4, -0.2) is 53.8 Å². The van der Waals surface area contributed by atoms with E-state index in [9.17, 15) is 4.79 Å². The second kappa shape index (κ2) is 11.0. The molecule has 2 heterocycles. The number of aromatic nitrogens is 2. The lowest BCUT2D eigenvalue weighted by molar-refractivity contribution is -0.135. The van der Waals surface area contributed by atoms with Crippen molar-refractivity contribution in [3.63, 3.8) is 0 Å². The molecule has 2 aliphatic rings. The van der Waals surface area contributed by atoms with Gasteiger partial charge in [-0.05, 0) is 31.6 Å². The Morgan fingerprint density at radius 1 is 1.26 bits per heavy atom. The van der Waals surface area contributed by atoms with Crippen molar-refractivity contribution in [2.75, 3.05) is 26.8 Å². The average molecular weight is 401 g/mol. The zero-order valence-electron chi connectivity index (χ0n) is 16.3. The highest BCUT2D eigenvalue weighted by Crippen LogP contribution is 2.30. The fraction of sp³-hybridized carbons (Fsp3) is 0.842. The third kappa shape index (κ3) is 6.16. The van der Waals surface area contributed by atoms with Gasteiger partial charge in [-0.25, -0.2) is 0 Å². The maximum atomic E-state index is 12.4. The standard InChI is InChI=1S/C19H32N4O3.ClH/c1-25-13-16(20)19(24)23-10-6-7-14(12-23)11-17-21-18(22-26-17)15-8-4-2-3-5-9-15;/h14-16H,2-13,20H2,1H3;1H. The molecule has 1 amide bonds. The SMILES string of the molecule is COCC(N)C(=O)N1CCCC(Cc2nc(C3CCCCCC3)no2)C1.Cl. The molecule has 7 nitrogen and oxygen atoms in total. The van der Waals surface area contributed by atoms with Crippen LogP contribution >= 0.6 is 12.4 Å². The van der Waals surface area contributed by atoms with Gasteiger partial charge in [-0.1, -0.05) is 30.8 Å². The Kier molecular flexibility index (Phi) is 8.99. The fourth-order valence-electron chi connectivity index (χ4n) is 4.22. The molecule has 8 heteroatoms. The number of nitrogens with two attached hydrogens (primary N) is 1. The van der Waals surface area contributed by atoms with Gasteiger partial charge < -0.3 is 19.9 Å². The number of carbonyl (C=O) groups excluding carboxylic acids is 1. The number of halogens is 1. The fourth-order valence-corrected chi connectivity index (χ4v) is 4.22. The van der Waals surface area contributed by atoms with Crippen molar-refractivity contribution in [2.45, 2.75) is 69.7 Å². The van der Waals surface area contributed by atoms with Crippen LogP contribution in [0.15, 0.2) is 4.52 Å². The van der Waals surface area contributed by atoms with Crippen molar-refractivity contribution in [1.29, 1.82) is 0 Å². The molecule has 1 aliphatic heterocycles. The molecule has 0 radical (unpaired) electrons. The minimum absolute atomic E-state index is 0. The van der Waals surface area contributed by atoms with E-state index >= 15 is 0 Å². The molecule has 0 spiro atoms. The second-order valence-corrected chi connectivity index (χ2v) is 7.79. The molecule has 3 rings (SSSR count). The molecule has 0 bridgehead atoms. The Bertz CT molecular complexity index is 575. The normalized spacial score (nSPS) is 22.7. The van der Waals surface area contributed by atoms with E-state index in [0.717, 1.165) is 31.6 Å². The highest BCUT2D eigenvalue weighted by atomic mass is 35.5. The summed E-state index contributed by atoms with van der Waals surface area (Å²) in [7, 11) is 1.56. The van der Waals surface area contributed by atoms with Gasteiger partial charge in [-0.3, -0.25) is 4.79 Å². The molecule has 1 saturated heterocycles. The van der Waals surface area contributed by atoms with Crippen molar-refractivity contribution in [1.82, 2.24) is 15.0 Å². The van der Waals surface area contributed by atoms with Crippen LogP contribution in [0.4, 0.5) is 0 Å². The van der Waals surface area contributed by atoms with Crippen molar-refractivity contribution in [3.8, 4) is 0 Å². The molecule has 27 heavy (non-hydrogen) atoms. The predicted octanol–water partition coefficient (Wildman–Crippen LogP) is 2.68. The minimum atomic E-state index is -0.580. The van der Waals surface area contributed by atoms with E-state index in [-0.39, 0.29) is 24.9 Å². The quantitative estimate of drug-likeness (QED) is 0.737. The average Bonchev–Trinajstić information content (AvgIpc) is 2.94. The monoisotopic (exact) mass is 400 g/mol. The van der Waals surface area contributed by atoms with Gasteiger partial charge in [0, 0.05) is 32.5 Å². The highest BCUT2D eigenvalue weighted by Gasteiger charge is 2.28. The van der Waals surface area contributed by atoms with Gasteiger partial charge in [0.15, 0.2) is 5.82 Å². The van der Waals surface area contributed by atoms with Crippen molar-refractivity contribution in [3.05, 3.63) is 11.7 Å². The van der Waals surface area contributed by atoms with Crippen LogP contribution in [0.1, 0.15) is 69.0 Å². The van der Waals surface area contributed by atoms with Gasteiger partial charge in [0.05, 0.1) is 6.61 Å². The van der Waals surface area contributed by atoms with Crippen LogP contribution in [0.25, 0.3) is 0 Å². The number of carbonyl (C=O) groups is 1. The maximum Gasteiger partial charge on any atom is 0.241 e. The topological polar surface area (TPSA) is 94.5 Å². The predicted molar refractivity (Wildman–Crippen MR) is 105 cm³/mol. The highest BCUT2D eigenvalue weighted by molar-refractivity contribution is 5.85. The molecule has 154 valence electrons. The molecule has 2 atom stereocenters. The molecular weight excluding hydrogens is 368 g/mol. The van der Waals surface area contributed by atoms with E-state index in [2.05, 4.69) is 10.1 Å². The van der Waals surface area contributed by atoms with Crippen LogP contribution in [0, 0.1) is 5.92 Å². The molecule has 0 aromatic carbocycles. The van der Waals surface area contributed by atoms with Gasteiger partial charge in [0.1, 0.15) is 6.04 Å². The van der Waals surface area contributed by atoms with Crippen LogP contribution in [-0.2, 0) is 16.0 Å². The Balaban J connectivity index is 0.00000261. The number of amides is 1. The maximum absolute atomic E-state index is 12.4. The number of nitrogens with zero attached hydrogens (tertiary/aromatic N) is 3. The summed E-state index contributed by atoms with van der Waals surface area (Å²) in [5.74, 6) is 2.37. The summed E-state index contributed by atoms with van der Waals surface area (Å²) < 4.78 is 10.5. The largest absolute Gasteiger partial charge is 0.383 e. The molecule has 2 N–H and O–H groups in total. The van der Waals surface area contributed by atoms with Crippen molar-refractivity contribution < 1.29 is 14.1 Å². The first-order valence-corrected chi connectivity index (χ1v) is 10.0. The summed E-state index contributed by atoms with van der Waals surface area (Å²) in [5.41, 5.74) is 5.90. The van der Waals surface area contributed by atoms with Crippen LogP contribution in [0.5, 0.6) is 0 Å². The van der Waals surface area contributed by atoms with Gasteiger partial charge in [-0.15, -0.1) is 12.4 Å². The smallest absolute Gasteiger partial charge is 0.241 e. The molecule has 1 aromatic heterocycles. The number of rotatable bonds is 6. The summed E-state index contributed by atoms with van der Waals surface area (Å²) in [5, 5.41) is 4.25. The van der Waals surface area contributed by atoms with E-state index in [1.165, 1.54) is 38.5 Å². The third-order valence-corrected chi connectivity index (χ3v) is 5.66. The summed E-state index contributed by atoms with van der Waals surface area (Å²) in [6, 6.07) is -0.580. The first-order valence-electron chi connectivity index (χ1n) is 10.0. The van der Waals surface area contributed by atoms with E-state index in [1.807, 2.05) is 4.90 Å². The summed E-state index contributed by atoms with van der Waals surface area (Å²) >= 11 is 0. The number of hydrogen-bond donors (Lipinski definition) is 1. The molecule has 1 saturated carbocycles. The summed E-state index contributed by atoms with van der Waals surface area (Å²) in [6.45, 7) is 1.73. The van der Waals surface area contributed by atoms with Gasteiger partial charge in [0.2, 0.25) is 11.8 Å². The molecule has 2 unspecified atom stereocenters. The first-order chi connectivity index (χ1) is 12.7. The number of piperidine rings is 1. The lowest BCUT2D eigenvalue weighted by Crippen LogP contribution is -2.49. The van der Waals surface area contributed by atoms with Gasteiger partial charge in [0.25, 0.3) is 0 Å². The van der Waals surface area contributed by atoms with E-state index < -0.39 is 6.04 Å². The Labute approximate surface area is 167 Å². The number of hydrogen-bond acceptors (Lipinski definition) is 6. The van der Waals surface area contributed by atoms with E-state index in [0.29, 0.717) is 24.3 Å². The van der Waals surface area contributed by atoms with Crippen LogP contribution < -0.4 is 5.73 Å². The van der Waals surface area contributed by atoms with Crippen molar-refractivity contribution in [2.24, 2.45) is 11.7 Å². The molecule has 2 fully saturated rings. The molecular formula is C19H33ClN4O3. The Morgan fingerprint density at radius 2 is 2.00 bits per heavy atom. The molecule has 1 aliphatic carbocycles. The zero-order valence-corrected chi connectivity index (χ0v) is 17.1. The lowest BCUT2D eigenvalue weighted by atomic mass is 9.94. The van der Waals surface area contributed by atoms with Gasteiger partial charge in [-0.2, -0.15) is 4.98 Å². The number of methoxy groups -OCH3 is 1. The summed E-state index contributed by atoms with van der Waals surface area (Å²) in [4.78, 5) is 18.9. The first kappa shape index (κ1) is 22.1. The third-order valence-electron chi connectivity index (χ3n) is 5.66. The van der Waals surface area contributed by atoms with Crippen LogP contribution in [0.3, 0.4) is 0 Å².